The number of benzene rings is 2. The maximum Gasteiger partial charge on any atom is 0.147 e. The van der Waals surface area contributed by atoms with Crippen molar-refractivity contribution in [1.29, 1.82) is 0 Å². The van der Waals surface area contributed by atoms with Crippen LogP contribution in [0.15, 0.2) is 53.0 Å². The Morgan fingerprint density at radius 2 is 1.83 bits per heavy atom. The molecule has 94 valence electrons. The van der Waals surface area contributed by atoms with Gasteiger partial charge in [0.25, 0.3) is 0 Å². The van der Waals surface area contributed by atoms with Crippen molar-refractivity contribution in [2.75, 3.05) is 11.4 Å². The van der Waals surface area contributed by atoms with Crippen LogP contribution in [0.2, 0.25) is 0 Å². The Morgan fingerprint density at radius 1 is 1.11 bits per heavy atom. The Balaban J connectivity index is 2.23. The van der Waals surface area contributed by atoms with Crippen LogP contribution in [-0.2, 0) is 6.54 Å². The van der Waals surface area contributed by atoms with Gasteiger partial charge in [-0.2, -0.15) is 0 Å². The Hall–Kier alpha value is -1.35. The minimum absolute atomic E-state index is 0.192. The Kier molecular flexibility index (Phi) is 4.37. The van der Waals surface area contributed by atoms with Gasteiger partial charge in [-0.3, -0.25) is 0 Å². The van der Waals surface area contributed by atoms with Crippen LogP contribution in [0.5, 0.6) is 0 Å². The second-order valence-corrected chi connectivity index (χ2v) is 5.01. The van der Waals surface area contributed by atoms with E-state index in [2.05, 4.69) is 28.1 Å². The predicted molar refractivity (Wildman–Crippen MR) is 77.3 cm³/mol. The molecule has 0 saturated heterocycles. The second-order valence-electron chi connectivity index (χ2n) is 4.10. The van der Waals surface area contributed by atoms with Gasteiger partial charge in [0.05, 0.1) is 5.69 Å². The zero-order chi connectivity index (χ0) is 13.0. The molecule has 0 spiro atoms. The molecule has 0 aromatic heterocycles. The van der Waals surface area contributed by atoms with Crippen molar-refractivity contribution in [3.63, 3.8) is 0 Å². The summed E-state index contributed by atoms with van der Waals surface area (Å²) < 4.78 is 14.7. The molecule has 0 N–H and O–H groups in total. The molecule has 3 heteroatoms. The Labute approximate surface area is 115 Å². The van der Waals surface area contributed by atoms with Crippen molar-refractivity contribution >= 4 is 21.6 Å². The highest BCUT2D eigenvalue weighted by Crippen LogP contribution is 2.24. The van der Waals surface area contributed by atoms with Crippen molar-refractivity contribution in [3.8, 4) is 0 Å². The molecule has 0 unspecified atom stereocenters. The van der Waals surface area contributed by atoms with E-state index in [1.807, 2.05) is 42.2 Å². The summed E-state index contributed by atoms with van der Waals surface area (Å²) in [5.74, 6) is -0.192. The lowest BCUT2D eigenvalue weighted by atomic mass is 10.2. The van der Waals surface area contributed by atoms with Crippen LogP contribution in [0, 0.1) is 5.82 Å². The van der Waals surface area contributed by atoms with Gasteiger partial charge >= 0.3 is 0 Å². The summed E-state index contributed by atoms with van der Waals surface area (Å²) in [5, 5.41) is 0. The summed E-state index contributed by atoms with van der Waals surface area (Å²) in [7, 11) is 0. The van der Waals surface area contributed by atoms with Gasteiger partial charge in [0, 0.05) is 17.6 Å². The molecule has 1 nitrogen and oxygen atoms in total. The molecule has 0 heterocycles. The van der Waals surface area contributed by atoms with Crippen LogP contribution < -0.4 is 4.90 Å². The van der Waals surface area contributed by atoms with E-state index in [9.17, 15) is 4.39 Å². The van der Waals surface area contributed by atoms with Crippen LogP contribution in [-0.4, -0.2) is 6.54 Å². The summed E-state index contributed by atoms with van der Waals surface area (Å²) in [4.78, 5) is 2.02. The van der Waals surface area contributed by atoms with Crippen molar-refractivity contribution in [3.05, 3.63) is 64.4 Å². The van der Waals surface area contributed by atoms with Crippen molar-refractivity contribution in [1.82, 2.24) is 0 Å². The molecule has 0 aliphatic heterocycles. The third kappa shape index (κ3) is 3.10. The van der Waals surface area contributed by atoms with E-state index >= 15 is 0 Å². The van der Waals surface area contributed by atoms with Gasteiger partial charge in [-0.25, -0.2) is 4.39 Å². The molecular formula is C15H15BrFN. The highest BCUT2D eigenvalue weighted by atomic mass is 79.9. The quantitative estimate of drug-likeness (QED) is 0.797. The third-order valence-electron chi connectivity index (χ3n) is 2.85. The first-order valence-electron chi connectivity index (χ1n) is 5.94. The van der Waals surface area contributed by atoms with E-state index in [0.29, 0.717) is 5.69 Å². The SMILES string of the molecule is CCN(Cc1ccccc1)c1ccc(Br)cc1F. The van der Waals surface area contributed by atoms with Crippen LogP contribution in [0.25, 0.3) is 0 Å². The molecule has 0 aliphatic carbocycles. The van der Waals surface area contributed by atoms with E-state index < -0.39 is 0 Å². The molecule has 2 rings (SSSR count). The largest absolute Gasteiger partial charge is 0.365 e. The lowest BCUT2D eigenvalue weighted by Crippen LogP contribution is -2.23. The maximum absolute atomic E-state index is 13.9. The topological polar surface area (TPSA) is 3.24 Å². The van der Waals surface area contributed by atoms with Gasteiger partial charge in [0.15, 0.2) is 0 Å². The van der Waals surface area contributed by atoms with E-state index in [1.54, 1.807) is 0 Å². The first-order valence-corrected chi connectivity index (χ1v) is 6.74. The molecule has 2 aromatic rings. The minimum Gasteiger partial charge on any atom is -0.365 e. The van der Waals surface area contributed by atoms with Gasteiger partial charge in [-0.05, 0) is 30.7 Å². The second kappa shape index (κ2) is 6.01. The number of anilines is 1. The number of nitrogens with zero attached hydrogens (tertiary/aromatic N) is 1. The summed E-state index contributed by atoms with van der Waals surface area (Å²) in [5.41, 5.74) is 1.83. The van der Waals surface area contributed by atoms with E-state index in [-0.39, 0.29) is 5.82 Å². The highest BCUT2D eigenvalue weighted by Gasteiger charge is 2.10. The van der Waals surface area contributed by atoms with Crippen LogP contribution >= 0.6 is 15.9 Å². The maximum atomic E-state index is 13.9. The summed E-state index contributed by atoms with van der Waals surface area (Å²) in [6.07, 6.45) is 0. The van der Waals surface area contributed by atoms with Gasteiger partial charge < -0.3 is 4.90 Å². The fourth-order valence-electron chi connectivity index (χ4n) is 1.91. The highest BCUT2D eigenvalue weighted by molar-refractivity contribution is 9.10. The minimum atomic E-state index is -0.192. The Morgan fingerprint density at radius 3 is 2.44 bits per heavy atom. The molecule has 0 aliphatic rings. The van der Waals surface area contributed by atoms with Crippen LogP contribution in [0.1, 0.15) is 12.5 Å². The van der Waals surface area contributed by atoms with Crippen molar-refractivity contribution < 1.29 is 4.39 Å². The number of hydrogen-bond donors (Lipinski definition) is 0. The monoisotopic (exact) mass is 307 g/mol. The molecule has 0 amide bonds. The lowest BCUT2D eigenvalue weighted by Gasteiger charge is -2.23. The van der Waals surface area contributed by atoms with Gasteiger partial charge in [0.1, 0.15) is 5.82 Å². The molecule has 0 fully saturated rings. The number of hydrogen-bond acceptors (Lipinski definition) is 1. The molecule has 0 atom stereocenters. The number of halogens is 2. The molecule has 0 saturated carbocycles. The summed E-state index contributed by atoms with van der Waals surface area (Å²) >= 11 is 3.28. The summed E-state index contributed by atoms with van der Waals surface area (Å²) in [6, 6.07) is 15.3. The fraction of sp³-hybridized carbons (Fsp3) is 0.200. The normalized spacial score (nSPS) is 10.4. The van der Waals surface area contributed by atoms with Crippen molar-refractivity contribution in [2.24, 2.45) is 0 Å². The molecular weight excluding hydrogens is 293 g/mol. The predicted octanol–water partition coefficient (Wildman–Crippen LogP) is 4.61. The first kappa shape index (κ1) is 13.1. The molecule has 0 radical (unpaired) electrons. The van der Waals surface area contributed by atoms with E-state index in [0.717, 1.165) is 17.6 Å². The van der Waals surface area contributed by atoms with Crippen LogP contribution in [0.4, 0.5) is 10.1 Å². The molecule has 0 bridgehead atoms. The standard InChI is InChI=1S/C15H15BrFN/c1-2-18(11-12-6-4-3-5-7-12)15-9-8-13(16)10-14(15)17/h3-10H,2,11H2,1H3. The molecule has 2 aromatic carbocycles. The first-order chi connectivity index (χ1) is 8.70. The van der Waals surface area contributed by atoms with E-state index in [4.69, 9.17) is 0 Å². The smallest absolute Gasteiger partial charge is 0.147 e. The molecule has 18 heavy (non-hydrogen) atoms. The van der Waals surface area contributed by atoms with Crippen LogP contribution in [0.3, 0.4) is 0 Å². The van der Waals surface area contributed by atoms with Gasteiger partial charge in [-0.1, -0.05) is 46.3 Å². The van der Waals surface area contributed by atoms with Gasteiger partial charge in [0.2, 0.25) is 0 Å². The summed E-state index contributed by atoms with van der Waals surface area (Å²) in [6.45, 7) is 3.52. The van der Waals surface area contributed by atoms with Gasteiger partial charge in [-0.15, -0.1) is 0 Å². The lowest BCUT2D eigenvalue weighted by molar-refractivity contribution is 0.617. The van der Waals surface area contributed by atoms with Crippen molar-refractivity contribution in [2.45, 2.75) is 13.5 Å². The zero-order valence-electron chi connectivity index (χ0n) is 10.2. The Bertz CT molecular complexity index is 513. The fourth-order valence-corrected chi connectivity index (χ4v) is 2.24. The third-order valence-corrected chi connectivity index (χ3v) is 3.34. The number of rotatable bonds is 4. The zero-order valence-corrected chi connectivity index (χ0v) is 11.8. The average Bonchev–Trinajstić information content (AvgIpc) is 2.38. The average molecular weight is 308 g/mol. The van der Waals surface area contributed by atoms with E-state index in [1.165, 1.54) is 11.6 Å².